The van der Waals surface area contributed by atoms with Crippen molar-refractivity contribution in [3.05, 3.63) is 0 Å². The molecule has 2 atom stereocenters. The topological polar surface area (TPSA) is 15.3 Å². The maximum Gasteiger partial charge on any atom is 0.0309 e. The second-order valence-electron chi connectivity index (χ2n) is 8.49. The molecule has 0 amide bonds. The normalized spacial score (nSPS) is 38.0. The summed E-state index contributed by atoms with van der Waals surface area (Å²) in [5.74, 6) is 0. The van der Waals surface area contributed by atoms with Crippen LogP contribution in [0.3, 0.4) is 0 Å². The van der Waals surface area contributed by atoms with E-state index in [0.717, 1.165) is 6.04 Å². The van der Waals surface area contributed by atoms with Crippen LogP contribution in [0.4, 0.5) is 0 Å². The lowest BCUT2D eigenvalue weighted by Gasteiger charge is -2.55. The largest absolute Gasteiger partial charge is 0.308 e. The van der Waals surface area contributed by atoms with Crippen LogP contribution in [-0.2, 0) is 0 Å². The van der Waals surface area contributed by atoms with Gasteiger partial charge in [0, 0.05) is 30.7 Å². The SMILES string of the molecule is CC1CNC2(CCCCC2)CN1C1CCCCC1(C)C. The van der Waals surface area contributed by atoms with Gasteiger partial charge in [-0.2, -0.15) is 0 Å². The standard InChI is InChI=1S/C18H34N2/c1-15-13-19-18(11-6-4-7-12-18)14-20(15)16-9-5-8-10-17(16,2)3/h15-16,19H,4-14H2,1-3H3. The fourth-order valence-electron chi connectivity index (χ4n) is 5.11. The van der Waals surface area contributed by atoms with Crippen molar-refractivity contribution >= 4 is 0 Å². The Balaban J connectivity index is 1.76. The predicted molar refractivity (Wildman–Crippen MR) is 86.0 cm³/mol. The maximum absolute atomic E-state index is 3.94. The highest BCUT2D eigenvalue weighted by Gasteiger charge is 2.45. The van der Waals surface area contributed by atoms with Crippen LogP contribution >= 0.6 is 0 Å². The molecule has 1 N–H and O–H groups in total. The van der Waals surface area contributed by atoms with Gasteiger partial charge in [-0.3, -0.25) is 4.90 Å². The van der Waals surface area contributed by atoms with Crippen molar-refractivity contribution in [1.29, 1.82) is 0 Å². The zero-order chi connectivity index (χ0) is 14.2. The number of hydrogen-bond donors (Lipinski definition) is 1. The van der Waals surface area contributed by atoms with Crippen molar-refractivity contribution in [3.8, 4) is 0 Å². The molecule has 20 heavy (non-hydrogen) atoms. The molecule has 3 rings (SSSR count). The van der Waals surface area contributed by atoms with E-state index in [1.54, 1.807) is 0 Å². The summed E-state index contributed by atoms with van der Waals surface area (Å²) in [6.07, 6.45) is 12.9. The molecule has 1 heterocycles. The molecule has 1 aliphatic heterocycles. The van der Waals surface area contributed by atoms with Crippen LogP contribution in [0.1, 0.15) is 78.6 Å². The van der Waals surface area contributed by atoms with Gasteiger partial charge < -0.3 is 5.32 Å². The molecule has 116 valence electrons. The highest BCUT2D eigenvalue weighted by molar-refractivity contribution is 5.03. The summed E-state index contributed by atoms with van der Waals surface area (Å²) in [4.78, 5) is 2.90. The van der Waals surface area contributed by atoms with Gasteiger partial charge in [0.2, 0.25) is 0 Å². The van der Waals surface area contributed by atoms with Crippen LogP contribution in [0.2, 0.25) is 0 Å². The summed E-state index contributed by atoms with van der Waals surface area (Å²) in [6, 6.07) is 1.53. The average Bonchev–Trinajstić information content (AvgIpc) is 2.43. The van der Waals surface area contributed by atoms with Gasteiger partial charge in [0.1, 0.15) is 0 Å². The van der Waals surface area contributed by atoms with E-state index >= 15 is 0 Å². The summed E-state index contributed by atoms with van der Waals surface area (Å²) < 4.78 is 0. The first kappa shape index (κ1) is 14.8. The Morgan fingerprint density at radius 3 is 2.35 bits per heavy atom. The quantitative estimate of drug-likeness (QED) is 0.781. The zero-order valence-electron chi connectivity index (χ0n) is 13.9. The fourth-order valence-corrected chi connectivity index (χ4v) is 5.11. The number of nitrogens with zero attached hydrogens (tertiary/aromatic N) is 1. The third-order valence-electron chi connectivity index (χ3n) is 6.49. The Morgan fingerprint density at radius 1 is 0.950 bits per heavy atom. The molecule has 0 aromatic rings. The Bertz CT molecular complexity index is 330. The van der Waals surface area contributed by atoms with E-state index in [1.165, 1.54) is 70.9 Å². The molecular weight excluding hydrogens is 244 g/mol. The van der Waals surface area contributed by atoms with Crippen molar-refractivity contribution in [1.82, 2.24) is 10.2 Å². The molecule has 2 unspecified atom stereocenters. The third kappa shape index (κ3) is 2.78. The van der Waals surface area contributed by atoms with Crippen LogP contribution in [0.15, 0.2) is 0 Å². The number of hydrogen-bond acceptors (Lipinski definition) is 2. The van der Waals surface area contributed by atoms with Gasteiger partial charge in [0.25, 0.3) is 0 Å². The summed E-state index contributed by atoms with van der Waals surface area (Å²) in [7, 11) is 0. The Hall–Kier alpha value is -0.0800. The molecule has 3 aliphatic rings. The molecule has 3 fully saturated rings. The van der Waals surface area contributed by atoms with Crippen LogP contribution in [0.5, 0.6) is 0 Å². The highest BCUT2D eigenvalue weighted by atomic mass is 15.3. The molecule has 0 aromatic carbocycles. The smallest absolute Gasteiger partial charge is 0.0309 e. The third-order valence-corrected chi connectivity index (χ3v) is 6.49. The van der Waals surface area contributed by atoms with E-state index in [1.807, 2.05) is 0 Å². The van der Waals surface area contributed by atoms with E-state index in [9.17, 15) is 0 Å². The fraction of sp³-hybridized carbons (Fsp3) is 1.00. The van der Waals surface area contributed by atoms with Crippen molar-refractivity contribution < 1.29 is 0 Å². The second-order valence-corrected chi connectivity index (χ2v) is 8.49. The van der Waals surface area contributed by atoms with Crippen molar-refractivity contribution in [2.24, 2.45) is 5.41 Å². The van der Waals surface area contributed by atoms with Crippen LogP contribution in [0, 0.1) is 5.41 Å². The highest BCUT2D eigenvalue weighted by Crippen LogP contribution is 2.42. The zero-order valence-corrected chi connectivity index (χ0v) is 13.9. The minimum Gasteiger partial charge on any atom is -0.308 e. The Kier molecular flexibility index (Phi) is 4.16. The van der Waals surface area contributed by atoms with Gasteiger partial charge in [-0.25, -0.2) is 0 Å². The first-order valence-electron chi connectivity index (χ1n) is 9.03. The summed E-state index contributed by atoms with van der Waals surface area (Å²) in [6.45, 7) is 9.97. The predicted octanol–water partition coefficient (Wildman–Crippen LogP) is 3.95. The first-order chi connectivity index (χ1) is 9.53. The van der Waals surface area contributed by atoms with E-state index in [2.05, 4.69) is 31.0 Å². The van der Waals surface area contributed by atoms with Gasteiger partial charge >= 0.3 is 0 Å². The molecule has 0 bridgehead atoms. The molecule has 0 radical (unpaired) electrons. The van der Waals surface area contributed by atoms with Gasteiger partial charge in [0.05, 0.1) is 0 Å². The minimum atomic E-state index is 0.457. The van der Waals surface area contributed by atoms with E-state index in [-0.39, 0.29) is 0 Å². The average molecular weight is 278 g/mol. The maximum atomic E-state index is 3.94. The van der Waals surface area contributed by atoms with Gasteiger partial charge in [-0.15, -0.1) is 0 Å². The van der Waals surface area contributed by atoms with Gasteiger partial charge in [-0.1, -0.05) is 46.0 Å². The number of nitrogens with one attached hydrogen (secondary N) is 1. The lowest BCUT2D eigenvalue weighted by Crippen LogP contribution is -2.67. The Labute approximate surface area is 125 Å². The van der Waals surface area contributed by atoms with Crippen molar-refractivity contribution in [3.63, 3.8) is 0 Å². The van der Waals surface area contributed by atoms with Crippen molar-refractivity contribution in [2.75, 3.05) is 13.1 Å². The van der Waals surface area contributed by atoms with Gasteiger partial charge in [0.15, 0.2) is 0 Å². The number of piperazine rings is 1. The molecule has 2 nitrogen and oxygen atoms in total. The lowest BCUT2D eigenvalue weighted by atomic mass is 9.70. The molecule has 1 spiro atoms. The van der Waals surface area contributed by atoms with E-state index < -0.39 is 0 Å². The van der Waals surface area contributed by atoms with Crippen LogP contribution in [-0.4, -0.2) is 35.6 Å². The number of rotatable bonds is 1. The lowest BCUT2D eigenvalue weighted by molar-refractivity contribution is -0.0294. The monoisotopic (exact) mass is 278 g/mol. The Morgan fingerprint density at radius 2 is 1.65 bits per heavy atom. The van der Waals surface area contributed by atoms with Gasteiger partial charge in [-0.05, 0) is 38.0 Å². The molecule has 2 heteroatoms. The second kappa shape index (κ2) is 5.61. The van der Waals surface area contributed by atoms with Crippen LogP contribution in [0.25, 0.3) is 0 Å². The molecule has 1 saturated heterocycles. The first-order valence-corrected chi connectivity index (χ1v) is 9.03. The van der Waals surface area contributed by atoms with E-state index in [4.69, 9.17) is 0 Å². The minimum absolute atomic E-state index is 0.457. The molecule has 0 aromatic heterocycles. The summed E-state index contributed by atoms with van der Waals surface area (Å²) in [5.41, 5.74) is 0.970. The van der Waals surface area contributed by atoms with Crippen molar-refractivity contribution in [2.45, 2.75) is 96.2 Å². The molecule has 2 aliphatic carbocycles. The van der Waals surface area contributed by atoms with Crippen LogP contribution < -0.4 is 5.32 Å². The molecule has 2 saturated carbocycles. The molecular formula is C18H34N2. The summed E-state index contributed by atoms with van der Waals surface area (Å²) in [5, 5.41) is 3.94. The van der Waals surface area contributed by atoms with E-state index in [0.29, 0.717) is 17.0 Å². The summed E-state index contributed by atoms with van der Waals surface area (Å²) >= 11 is 0.